The van der Waals surface area contributed by atoms with Gasteiger partial charge in [-0.25, -0.2) is 18.4 Å². The first-order valence-corrected chi connectivity index (χ1v) is 5.63. The molecule has 0 spiro atoms. The normalized spacial score (nSPS) is 12.1. The molecular formula is C6H4ClN3O2S. The van der Waals surface area contributed by atoms with E-state index in [2.05, 4.69) is 9.97 Å². The molecule has 0 aliphatic heterocycles. The Morgan fingerprint density at radius 3 is 2.85 bits per heavy atom. The van der Waals surface area contributed by atoms with E-state index in [1.165, 1.54) is 23.0 Å². The number of hydrogen-bond donors (Lipinski definition) is 0. The number of halogens is 1. The van der Waals surface area contributed by atoms with Crippen LogP contribution in [0.1, 0.15) is 0 Å². The lowest BCUT2D eigenvalue weighted by Crippen LogP contribution is -1.96. The van der Waals surface area contributed by atoms with Gasteiger partial charge in [-0.3, -0.25) is 4.40 Å². The van der Waals surface area contributed by atoms with Gasteiger partial charge < -0.3 is 0 Å². The summed E-state index contributed by atoms with van der Waals surface area (Å²) in [6.07, 6.45) is 4.22. The van der Waals surface area contributed by atoms with Crippen LogP contribution < -0.4 is 0 Å². The third-order valence-corrected chi connectivity index (χ3v) is 2.78. The van der Waals surface area contributed by atoms with Crippen LogP contribution in [0.5, 0.6) is 0 Å². The first-order chi connectivity index (χ1) is 6.09. The van der Waals surface area contributed by atoms with Crippen LogP contribution in [0.25, 0.3) is 5.78 Å². The van der Waals surface area contributed by atoms with E-state index in [0.717, 1.165) is 0 Å². The highest BCUT2D eigenvalue weighted by Gasteiger charge is 2.15. The zero-order chi connectivity index (χ0) is 9.47. The highest BCUT2D eigenvalue weighted by Crippen LogP contribution is 2.14. The number of nitrogens with zero attached hydrogens (tertiary/aromatic N) is 3. The molecule has 0 atom stereocenters. The minimum atomic E-state index is -3.75. The van der Waals surface area contributed by atoms with Crippen molar-refractivity contribution >= 4 is 25.5 Å². The second kappa shape index (κ2) is 2.68. The Morgan fingerprint density at radius 2 is 2.15 bits per heavy atom. The number of fused-ring (bicyclic) bond motifs is 1. The van der Waals surface area contributed by atoms with Gasteiger partial charge in [-0.1, -0.05) is 0 Å². The van der Waals surface area contributed by atoms with Crippen molar-refractivity contribution in [1.29, 1.82) is 0 Å². The summed E-state index contributed by atoms with van der Waals surface area (Å²) in [5.41, 5.74) is 0. The average molecular weight is 218 g/mol. The summed E-state index contributed by atoms with van der Waals surface area (Å²) in [6.45, 7) is 0. The molecule has 0 fully saturated rings. The van der Waals surface area contributed by atoms with Crippen LogP contribution in [0, 0.1) is 0 Å². The highest BCUT2D eigenvalue weighted by atomic mass is 35.7. The molecule has 5 nitrogen and oxygen atoms in total. The fourth-order valence-corrected chi connectivity index (χ4v) is 1.88. The molecule has 0 unspecified atom stereocenters. The zero-order valence-electron chi connectivity index (χ0n) is 6.25. The number of rotatable bonds is 1. The molecule has 2 heterocycles. The van der Waals surface area contributed by atoms with Gasteiger partial charge in [0.25, 0.3) is 9.05 Å². The predicted octanol–water partition coefficient (Wildman–Crippen LogP) is 0.657. The van der Waals surface area contributed by atoms with Gasteiger partial charge in [0, 0.05) is 23.1 Å². The topological polar surface area (TPSA) is 64.3 Å². The second-order valence-corrected chi connectivity index (χ2v) is 4.84. The fraction of sp³-hybridized carbons (Fsp3) is 0. The summed E-state index contributed by atoms with van der Waals surface area (Å²) in [7, 11) is 1.41. The van der Waals surface area contributed by atoms with Gasteiger partial charge in [0.05, 0.1) is 6.20 Å². The van der Waals surface area contributed by atoms with Crippen LogP contribution in [-0.4, -0.2) is 22.8 Å². The Balaban J connectivity index is 2.87. The Bertz CT molecular complexity index is 548. The Hall–Kier alpha value is -1.14. The molecule has 0 aromatic carbocycles. The molecule has 0 bridgehead atoms. The van der Waals surface area contributed by atoms with E-state index in [-0.39, 0.29) is 5.03 Å². The molecule has 7 heteroatoms. The molecule has 13 heavy (non-hydrogen) atoms. The van der Waals surface area contributed by atoms with Gasteiger partial charge in [0.2, 0.25) is 5.78 Å². The van der Waals surface area contributed by atoms with Crippen LogP contribution in [-0.2, 0) is 9.05 Å². The van der Waals surface area contributed by atoms with E-state index in [4.69, 9.17) is 10.7 Å². The lowest BCUT2D eigenvalue weighted by atomic mass is 10.7. The maximum absolute atomic E-state index is 11.0. The van der Waals surface area contributed by atoms with Crippen molar-refractivity contribution in [2.24, 2.45) is 0 Å². The molecule has 0 saturated heterocycles. The van der Waals surface area contributed by atoms with Gasteiger partial charge in [0.15, 0.2) is 5.03 Å². The van der Waals surface area contributed by atoms with E-state index in [0.29, 0.717) is 5.78 Å². The van der Waals surface area contributed by atoms with Crippen molar-refractivity contribution < 1.29 is 8.42 Å². The molecule has 0 radical (unpaired) electrons. The van der Waals surface area contributed by atoms with Gasteiger partial charge in [-0.15, -0.1) is 0 Å². The number of imidazole rings is 1. The van der Waals surface area contributed by atoms with Gasteiger partial charge in [0.1, 0.15) is 0 Å². The minimum absolute atomic E-state index is 0.0720. The molecular weight excluding hydrogens is 214 g/mol. The van der Waals surface area contributed by atoms with Gasteiger partial charge >= 0.3 is 0 Å². The summed E-state index contributed by atoms with van der Waals surface area (Å²) in [5, 5.41) is -0.0720. The smallest absolute Gasteiger partial charge is 0.273 e. The molecule has 0 N–H and O–H groups in total. The van der Waals surface area contributed by atoms with Crippen LogP contribution in [0.3, 0.4) is 0 Å². The molecule has 2 aromatic rings. The first kappa shape index (κ1) is 8.46. The van der Waals surface area contributed by atoms with E-state index < -0.39 is 9.05 Å². The second-order valence-electron chi connectivity index (χ2n) is 2.32. The Morgan fingerprint density at radius 1 is 1.38 bits per heavy atom. The minimum Gasteiger partial charge on any atom is -0.273 e. The summed E-state index contributed by atoms with van der Waals surface area (Å²) in [6, 6.07) is 1.60. The van der Waals surface area contributed by atoms with Crippen molar-refractivity contribution in [1.82, 2.24) is 14.4 Å². The fourth-order valence-electron chi connectivity index (χ4n) is 0.986. The van der Waals surface area contributed by atoms with Crippen molar-refractivity contribution in [3.8, 4) is 0 Å². The van der Waals surface area contributed by atoms with Crippen molar-refractivity contribution in [2.75, 3.05) is 0 Å². The van der Waals surface area contributed by atoms with E-state index in [1.807, 2.05) is 0 Å². The van der Waals surface area contributed by atoms with E-state index >= 15 is 0 Å². The van der Waals surface area contributed by atoms with Crippen LogP contribution >= 0.6 is 10.7 Å². The quantitative estimate of drug-likeness (QED) is 0.659. The lowest BCUT2D eigenvalue weighted by molar-refractivity contribution is 0.605. The standard InChI is InChI=1S/C6H4ClN3O2S/c7-13(11,12)5-4-9-6-8-2-1-3-10(5)6/h1-4H. The maximum Gasteiger partial charge on any atom is 0.278 e. The molecule has 2 rings (SSSR count). The number of aromatic nitrogens is 3. The number of hydrogen-bond acceptors (Lipinski definition) is 4. The van der Waals surface area contributed by atoms with Crippen molar-refractivity contribution in [3.63, 3.8) is 0 Å². The summed E-state index contributed by atoms with van der Waals surface area (Å²) in [4.78, 5) is 7.62. The predicted molar refractivity (Wildman–Crippen MR) is 46.0 cm³/mol. The molecule has 68 valence electrons. The largest absolute Gasteiger partial charge is 0.278 e. The maximum atomic E-state index is 11.0. The first-order valence-electron chi connectivity index (χ1n) is 3.32. The van der Waals surface area contributed by atoms with Crippen molar-refractivity contribution in [2.45, 2.75) is 5.03 Å². The molecule has 2 aromatic heterocycles. The van der Waals surface area contributed by atoms with Crippen LogP contribution in [0.4, 0.5) is 0 Å². The third-order valence-electron chi connectivity index (χ3n) is 1.50. The summed E-state index contributed by atoms with van der Waals surface area (Å²) < 4.78 is 23.3. The van der Waals surface area contributed by atoms with Gasteiger partial charge in [-0.2, -0.15) is 0 Å². The van der Waals surface area contributed by atoms with E-state index in [1.54, 1.807) is 6.07 Å². The summed E-state index contributed by atoms with van der Waals surface area (Å²) in [5.74, 6) is 0.307. The molecule has 0 aliphatic rings. The van der Waals surface area contributed by atoms with Gasteiger partial charge in [-0.05, 0) is 6.07 Å². The molecule has 0 saturated carbocycles. The molecule has 0 amide bonds. The third kappa shape index (κ3) is 1.38. The Labute approximate surface area is 78.4 Å². The highest BCUT2D eigenvalue weighted by molar-refractivity contribution is 8.13. The Kier molecular flexibility index (Phi) is 1.74. The zero-order valence-corrected chi connectivity index (χ0v) is 7.83. The average Bonchev–Trinajstić information content (AvgIpc) is 2.45. The van der Waals surface area contributed by atoms with E-state index in [9.17, 15) is 8.42 Å². The summed E-state index contributed by atoms with van der Waals surface area (Å²) >= 11 is 0. The van der Waals surface area contributed by atoms with Crippen LogP contribution in [0.2, 0.25) is 0 Å². The monoisotopic (exact) mass is 217 g/mol. The molecule has 0 aliphatic carbocycles. The SMILES string of the molecule is O=S(=O)(Cl)c1cnc2ncccn12. The van der Waals surface area contributed by atoms with Crippen LogP contribution in [0.15, 0.2) is 29.7 Å². The van der Waals surface area contributed by atoms with Crippen molar-refractivity contribution in [3.05, 3.63) is 24.7 Å². The lowest BCUT2D eigenvalue weighted by Gasteiger charge is -1.94.